The van der Waals surface area contributed by atoms with Gasteiger partial charge in [-0.1, -0.05) is 35.5 Å². The van der Waals surface area contributed by atoms with Crippen LogP contribution in [0.2, 0.25) is 0 Å². The molecule has 0 bridgehead atoms. The van der Waals surface area contributed by atoms with Crippen molar-refractivity contribution < 1.29 is 18.8 Å². The third kappa shape index (κ3) is 4.90. The second kappa shape index (κ2) is 9.25. The first-order chi connectivity index (χ1) is 15.0. The molecule has 0 unspecified atom stereocenters. The molecular formula is C25H28N2O4. The van der Waals surface area contributed by atoms with Crippen LogP contribution in [0.5, 0.6) is 11.5 Å². The highest BCUT2D eigenvalue weighted by Crippen LogP contribution is 2.42. The summed E-state index contributed by atoms with van der Waals surface area (Å²) in [4.78, 5) is 11.2. The Bertz CT molecular complexity index is 1020. The van der Waals surface area contributed by atoms with Crippen LogP contribution in [-0.2, 0) is 4.79 Å². The van der Waals surface area contributed by atoms with Crippen LogP contribution >= 0.6 is 0 Å². The molecule has 1 N–H and O–H groups in total. The monoisotopic (exact) mass is 420 g/mol. The van der Waals surface area contributed by atoms with Gasteiger partial charge in [0.15, 0.2) is 5.76 Å². The first-order valence-electron chi connectivity index (χ1n) is 10.6. The number of amides is 1. The van der Waals surface area contributed by atoms with Crippen molar-refractivity contribution in [2.24, 2.45) is 5.92 Å². The SMILES string of the molecule is COc1ccccc1-c1ccc(OCC2CC(c3cc([C@H](C)NC(C)=O)on3)C2)cc1. The van der Waals surface area contributed by atoms with Crippen molar-refractivity contribution >= 4 is 5.91 Å². The van der Waals surface area contributed by atoms with Gasteiger partial charge in [-0.15, -0.1) is 0 Å². The fraction of sp³-hybridized carbons (Fsp3) is 0.360. The zero-order chi connectivity index (χ0) is 21.8. The van der Waals surface area contributed by atoms with Gasteiger partial charge in [0.05, 0.1) is 25.5 Å². The molecule has 31 heavy (non-hydrogen) atoms. The maximum absolute atomic E-state index is 11.2. The Kier molecular flexibility index (Phi) is 6.26. The second-order valence-corrected chi connectivity index (χ2v) is 8.15. The van der Waals surface area contributed by atoms with Crippen LogP contribution in [0.4, 0.5) is 0 Å². The summed E-state index contributed by atoms with van der Waals surface area (Å²) in [6.45, 7) is 4.08. The van der Waals surface area contributed by atoms with Gasteiger partial charge in [-0.05, 0) is 49.4 Å². The second-order valence-electron chi connectivity index (χ2n) is 8.15. The summed E-state index contributed by atoms with van der Waals surface area (Å²) in [5, 5.41) is 7.01. The molecule has 1 atom stereocenters. The highest BCUT2D eigenvalue weighted by Gasteiger charge is 2.33. The van der Waals surface area contributed by atoms with E-state index in [1.54, 1.807) is 7.11 Å². The number of benzene rings is 2. The molecule has 1 amide bonds. The highest BCUT2D eigenvalue weighted by molar-refractivity contribution is 5.73. The van der Waals surface area contributed by atoms with E-state index >= 15 is 0 Å². The number of carbonyl (C=O) groups is 1. The molecule has 3 aromatic rings. The molecule has 0 aliphatic heterocycles. The third-order valence-electron chi connectivity index (χ3n) is 5.81. The van der Waals surface area contributed by atoms with Crippen LogP contribution in [0, 0.1) is 5.92 Å². The number of nitrogens with zero attached hydrogens (tertiary/aromatic N) is 1. The van der Waals surface area contributed by atoms with E-state index in [-0.39, 0.29) is 11.9 Å². The summed E-state index contributed by atoms with van der Waals surface area (Å²) in [5.41, 5.74) is 3.13. The predicted molar refractivity (Wildman–Crippen MR) is 118 cm³/mol. The van der Waals surface area contributed by atoms with Crippen LogP contribution in [0.3, 0.4) is 0 Å². The third-order valence-corrected chi connectivity index (χ3v) is 5.81. The molecule has 6 heteroatoms. The minimum atomic E-state index is -0.170. The van der Waals surface area contributed by atoms with Gasteiger partial charge >= 0.3 is 0 Å². The number of para-hydroxylation sites is 1. The normalized spacial score (nSPS) is 18.7. The van der Waals surface area contributed by atoms with Gasteiger partial charge in [-0.25, -0.2) is 0 Å². The number of carbonyl (C=O) groups excluding carboxylic acids is 1. The van der Waals surface area contributed by atoms with E-state index in [9.17, 15) is 4.79 Å². The van der Waals surface area contributed by atoms with Crippen LogP contribution in [-0.4, -0.2) is 24.8 Å². The molecule has 1 fully saturated rings. The number of aromatic nitrogens is 1. The molecule has 1 aliphatic rings. The molecule has 1 heterocycles. The van der Waals surface area contributed by atoms with Gasteiger partial charge in [0, 0.05) is 24.5 Å². The molecule has 0 radical (unpaired) electrons. The average molecular weight is 421 g/mol. The zero-order valence-electron chi connectivity index (χ0n) is 18.1. The minimum absolute atomic E-state index is 0.0813. The molecule has 0 spiro atoms. The van der Waals surface area contributed by atoms with Gasteiger partial charge in [-0.2, -0.15) is 0 Å². The van der Waals surface area contributed by atoms with Gasteiger partial charge in [0.2, 0.25) is 5.91 Å². The van der Waals surface area contributed by atoms with E-state index in [4.69, 9.17) is 14.0 Å². The molecule has 1 saturated carbocycles. The molecule has 0 saturated heterocycles. The van der Waals surface area contributed by atoms with Crippen molar-refractivity contribution in [1.82, 2.24) is 10.5 Å². The largest absolute Gasteiger partial charge is 0.496 e. The molecule has 4 rings (SSSR count). The van der Waals surface area contributed by atoms with E-state index in [2.05, 4.69) is 28.7 Å². The lowest BCUT2D eigenvalue weighted by molar-refractivity contribution is -0.119. The maximum atomic E-state index is 11.2. The van der Waals surface area contributed by atoms with E-state index in [0.29, 0.717) is 24.2 Å². The summed E-state index contributed by atoms with van der Waals surface area (Å²) < 4.78 is 16.9. The topological polar surface area (TPSA) is 73.6 Å². The molecular weight excluding hydrogens is 392 g/mol. The van der Waals surface area contributed by atoms with E-state index < -0.39 is 0 Å². The maximum Gasteiger partial charge on any atom is 0.217 e. The summed E-state index contributed by atoms with van der Waals surface area (Å²) in [6.07, 6.45) is 2.06. The fourth-order valence-corrected chi connectivity index (χ4v) is 4.02. The quantitative estimate of drug-likeness (QED) is 0.547. The van der Waals surface area contributed by atoms with Crippen molar-refractivity contribution in [2.45, 2.75) is 38.6 Å². The number of ether oxygens (including phenoxy) is 2. The standard InChI is InChI=1S/C25H28N2O4/c1-16(26-17(2)28)25-14-23(27-31-25)20-12-18(13-20)15-30-21-10-8-19(9-11-21)22-6-4-5-7-24(22)29-3/h4-11,14,16,18,20H,12-13,15H2,1-3H3,(H,26,28)/t16-,18?,20?/m0/s1. The van der Waals surface area contributed by atoms with Gasteiger partial charge in [-0.3, -0.25) is 4.79 Å². The summed E-state index contributed by atoms with van der Waals surface area (Å²) in [5.74, 6) is 3.24. The van der Waals surface area contributed by atoms with Crippen LogP contribution in [0.1, 0.15) is 50.1 Å². The Morgan fingerprint density at radius 2 is 1.94 bits per heavy atom. The summed E-state index contributed by atoms with van der Waals surface area (Å²) in [6, 6.07) is 17.9. The Balaban J connectivity index is 1.26. The number of rotatable bonds is 8. The van der Waals surface area contributed by atoms with Crippen molar-refractivity contribution in [3.8, 4) is 22.6 Å². The highest BCUT2D eigenvalue weighted by atomic mass is 16.5. The molecule has 1 aliphatic carbocycles. The van der Waals surface area contributed by atoms with Crippen LogP contribution in [0.15, 0.2) is 59.1 Å². The van der Waals surface area contributed by atoms with E-state index in [0.717, 1.165) is 41.2 Å². The van der Waals surface area contributed by atoms with Gasteiger partial charge in [0.25, 0.3) is 0 Å². The Morgan fingerprint density at radius 1 is 1.19 bits per heavy atom. The van der Waals surface area contributed by atoms with Crippen LogP contribution < -0.4 is 14.8 Å². The van der Waals surface area contributed by atoms with Crippen molar-refractivity contribution in [2.75, 3.05) is 13.7 Å². The van der Waals surface area contributed by atoms with Gasteiger partial charge < -0.3 is 19.3 Å². The number of methoxy groups -OCH3 is 1. The lowest BCUT2D eigenvalue weighted by atomic mass is 9.73. The Labute approximate surface area is 182 Å². The van der Waals surface area contributed by atoms with E-state index in [1.807, 2.05) is 43.3 Å². The Hall–Kier alpha value is -3.28. The zero-order valence-corrected chi connectivity index (χ0v) is 18.1. The predicted octanol–water partition coefficient (Wildman–Crippen LogP) is 5.12. The number of hydrogen-bond donors (Lipinski definition) is 1. The first-order valence-corrected chi connectivity index (χ1v) is 10.6. The molecule has 2 aromatic carbocycles. The average Bonchev–Trinajstić information content (AvgIpc) is 3.22. The fourth-order valence-electron chi connectivity index (χ4n) is 4.02. The minimum Gasteiger partial charge on any atom is -0.496 e. The summed E-state index contributed by atoms with van der Waals surface area (Å²) in [7, 11) is 1.69. The van der Waals surface area contributed by atoms with Gasteiger partial charge in [0.1, 0.15) is 11.5 Å². The van der Waals surface area contributed by atoms with Crippen molar-refractivity contribution in [3.63, 3.8) is 0 Å². The van der Waals surface area contributed by atoms with Crippen LogP contribution in [0.25, 0.3) is 11.1 Å². The van der Waals surface area contributed by atoms with E-state index in [1.165, 1.54) is 6.92 Å². The Morgan fingerprint density at radius 3 is 2.65 bits per heavy atom. The molecule has 162 valence electrons. The van der Waals surface area contributed by atoms with Crippen molar-refractivity contribution in [3.05, 3.63) is 66.1 Å². The summed E-state index contributed by atoms with van der Waals surface area (Å²) >= 11 is 0. The lowest BCUT2D eigenvalue weighted by Crippen LogP contribution is -2.27. The molecule has 1 aromatic heterocycles. The van der Waals surface area contributed by atoms with Crippen molar-refractivity contribution in [1.29, 1.82) is 0 Å². The first kappa shape index (κ1) is 21.0. The number of hydrogen-bond acceptors (Lipinski definition) is 5. The number of nitrogens with one attached hydrogen (secondary N) is 1. The molecule has 6 nitrogen and oxygen atoms in total. The smallest absolute Gasteiger partial charge is 0.217 e. The lowest BCUT2D eigenvalue weighted by Gasteiger charge is -2.33.